The minimum Gasteiger partial charge on any atom is -0.488 e. The first-order valence-corrected chi connectivity index (χ1v) is 14.1. The van der Waals surface area contributed by atoms with E-state index in [0.29, 0.717) is 17.0 Å². The van der Waals surface area contributed by atoms with E-state index in [2.05, 4.69) is 25.8 Å². The molecule has 216 valence electrons. The van der Waals surface area contributed by atoms with Gasteiger partial charge in [-0.25, -0.2) is 18.1 Å². The second-order valence-corrected chi connectivity index (χ2v) is 11.9. The number of hydrogen-bond acceptors (Lipinski definition) is 10. The van der Waals surface area contributed by atoms with Gasteiger partial charge in [-0.05, 0) is 35.5 Å². The second-order valence-electron chi connectivity index (χ2n) is 9.93. The van der Waals surface area contributed by atoms with E-state index in [1.807, 2.05) is 6.92 Å². The van der Waals surface area contributed by atoms with Gasteiger partial charge in [0, 0.05) is 44.0 Å². The van der Waals surface area contributed by atoms with Gasteiger partial charge in [0.2, 0.25) is 11.8 Å². The van der Waals surface area contributed by atoms with Crippen LogP contribution >= 0.6 is 0 Å². The van der Waals surface area contributed by atoms with Crippen LogP contribution in [0.3, 0.4) is 0 Å². The maximum Gasteiger partial charge on any atom is 0.261 e. The van der Waals surface area contributed by atoms with Crippen LogP contribution in [0.5, 0.6) is 5.75 Å². The van der Waals surface area contributed by atoms with Gasteiger partial charge in [-0.2, -0.15) is 4.31 Å². The van der Waals surface area contributed by atoms with Crippen molar-refractivity contribution in [2.24, 2.45) is 13.0 Å². The van der Waals surface area contributed by atoms with Crippen molar-refractivity contribution in [3.8, 4) is 5.75 Å². The van der Waals surface area contributed by atoms with Gasteiger partial charge in [0.05, 0.1) is 31.9 Å². The molecule has 0 spiro atoms. The van der Waals surface area contributed by atoms with E-state index in [9.17, 15) is 23.1 Å². The van der Waals surface area contributed by atoms with Crippen LogP contribution in [0.4, 0.5) is 5.69 Å². The fourth-order valence-corrected chi connectivity index (χ4v) is 5.50. The van der Waals surface area contributed by atoms with Crippen molar-refractivity contribution >= 4 is 27.5 Å². The first kappa shape index (κ1) is 29.1. The molecule has 0 saturated heterocycles. The molecule has 3 heterocycles. The first-order valence-electron chi connectivity index (χ1n) is 12.6. The van der Waals surface area contributed by atoms with Crippen molar-refractivity contribution in [1.29, 1.82) is 0 Å². The number of aromatic nitrogens is 6. The van der Waals surface area contributed by atoms with Gasteiger partial charge in [0.25, 0.3) is 10.0 Å². The van der Waals surface area contributed by atoms with Crippen LogP contribution in [0.15, 0.2) is 42.1 Å². The zero-order chi connectivity index (χ0) is 29.0. The summed E-state index contributed by atoms with van der Waals surface area (Å²) in [6.07, 6.45) is 3.46. The number of nitrogens with zero attached hydrogens (tertiary/aromatic N) is 8. The number of hydrogen-bond donors (Lipinski definition) is 2. The Morgan fingerprint density at radius 3 is 2.75 bits per heavy atom. The molecule has 16 heteroatoms. The molecule has 40 heavy (non-hydrogen) atoms. The fraction of sp³-hybridized carbons (Fsp3) is 0.500. The number of aliphatic hydroxyl groups is 1. The Balaban J connectivity index is 1.62. The maximum atomic E-state index is 13.4. The van der Waals surface area contributed by atoms with Crippen molar-refractivity contribution < 1.29 is 27.9 Å². The molecule has 1 aliphatic heterocycles. The number of ether oxygens (including phenoxy) is 1. The summed E-state index contributed by atoms with van der Waals surface area (Å²) in [6, 6.07) is 4.47. The molecule has 2 N–H and O–H groups in total. The predicted octanol–water partition coefficient (Wildman–Crippen LogP) is -0.485. The summed E-state index contributed by atoms with van der Waals surface area (Å²) in [6.45, 7) is 3.50. The molecule has 0 radical (unpaired) electrons. The maximum absolute atomic E-state index is 13.4. The topological polar surface area (TPSA) is 178 Å². The number of amides is 2. The summed E-state index contributed by atoms with van der Waals surface area (Å²) in [5.41, 5.74) is 0.948. The van der Waals surface area contributed by atoms with Gasteiger partial charge < -0.3 is 24.6 Å². The van der Waals surface area contributed by atoms with Crippen LogP contribution in [0.25, 0.3) is 0 Å². The quantitative estimate of drug-likeness (QED) is 0.338. The molecule has 4 rings (SSSR count). The molecule has 1 aromatic carbocycles. The molecule has 2 amide bonds. The van der Waals surface area contributed by atoms with Gasteiger partial charge in [-0.15, -0.1) is 5.10 Å². The molecule has 15 nitrogen and oxygen atoms in total. The van der Waals surface area contributed by atoms with Gasteiger partial charge in [0.15, 0.2) is 5.03 Å². The third-order valence-corrected chi connectivity index (χ3v) is 8.40. The minimum absolute atomic E-state index is 0.0144. The van der Waals surface area contributed by atoms with Crippen LogP contribution in [-0.4, -0.2) is 103 Å². The molecule has 0 aliphatic carbocycles. The minimum atomic E-state index is -3.90. The van der Waals surface area contributed by atoms with Gasteiger partial charge >= 0.3 is 0 Å². The Morgan fingerprint density at radius 1 is 1.32 bits per heavy atom. The number of sulfonamides is 1. The number of carbonyl (C=O) groups excluding carboxylic acids is 2. The van der Waals surface area contributed by atoms with Crippen LogP contribution in [0.1, 0.15) is 19.4 Å². The highest BCUT2D eigenvalue weighted by atomic mass is 32.2. The Hall–Kier alpha value is -3.89. The van der Waals surface area contributed by atoms with E-state index in [1.165, 1.54) is 34.9 Å². The highest BCUT2D eigenvalue weighted by molar-refractivity contribution is 7.89. The average molecular weight is 576 g/mol. The largest absolute Gasteiger partial charge is 0.488 e. The van der Waals surface area contributed by atoms with Crippen LogP contribution in [0, 0.1) is 5.92 Å². The lowest BCUT2D eigenvalue weighted by Crippen LogP contribution is -2.48. The number of benzene rings is 1. The van der Waals surface area contributed by atoms with Gasteiger partial charge in [-0.3, -0.25) is 9.59 Å². The number of tetrazole rings is 1. The summed E-state index contributed by atoms with van der Waals surface area (Å²) in [7, 11) is -0.760. The van der Waals surface area contributed by atoms with Gasteiger partial charge in [0.1, 0.15) is 24.7 Å². The summed E-state index contributed by atoms with van der Waals surface area (Å²) in [5, 5.41) is 23.2. The Bertz CT molecular complexity index is 1440. The number of aryl methyl sites for hydroxylation is 1. The Labute approximate surface area is 231 Å². The monoisotopic (exact) mass is 575 g/mol. The molecule has 0 unspecified atom stereocenters. The normalized spacial score (nSPS) is 18.9. The summed E-state index contributed by atoms with van der Waals surface area (Å²) < 4.78 is 36.7. The van der Waals surface area contributed by atoms with Crippen LogP contribution in [0.2, 0.25) is 0 Å². The molecular weight excluding hydrogens is 542 g/mol. The van der Waals surface area contributed by atoms with Crippen LogP contribution in [-0.2, 0) is 39.6 Å². The summed E-state index contributed by atoms with van der Waals surface area (Å²) >= 11 is 0. The summed E-state index contributed by atoms with van der Waals surface area (Å²) in [5.74, 6) is -0.511. The predicted molar refractivity (Wildman–Crippen MR) is 141 cm³/mol. The van der Waals surface area contributed by atoms with Crippen LogP contribution < -0.4 is 10.1 Å². The van der Waals surface area contributed by atoms with Crippen molar-refractivity contribution in [1.82, 2.24) is 39.0 Å². The molecule has 0 bridgehead atoms. The van der Waals surface area contributed by atoms with E-state index in [4.69, 9.17) is 4.74 Å². The van der Waals surface area contributed by atoms with Crippen molar-refractivity contribution in [3.05, 3.63) is 42.6 Å². The number of anilines is 1. The first-order chi connectivity index (χ1) is 19.0. The highest BCUT2D eigenvalue weighted by Crippen LogP contribution is 2.29. The number of carbonyl (C=O) groups is 2. The lowest BCUT2D eigenvalue weighted by molar-refractivity contribution is -0.134. The zero-order valence-corrected chi connectivity index (χ0v) is 23.5. The highest BCUT2D eigenvalue weighted by Gasteiger charge is 2.34. The van der Waals surface area contributed by atoms with E-state index in [0.717, 1.165) is 0 Å². The zero-order valence-electron chi connectivity index (χ0n) is 22.7. The molecule has 0 saturated carbocycles. The van der Waals surface area contributed by atoms with Crippen molar-refractivity contribution in [3.63, 3.8) is 0 Å². The van der Waals surface area contributed by atoms with E-state index in [-0.39, 0.29) is 55.4 Å². The molecule has 3 atom stereocenters. The summed E-state index contributed by atoms with van der Waals surface area (Å²) in [4.78, 5) is 31.4. The standard InChI is InChI=1S/C24H33N9O6S/c1-16-9-33(17(2)13-34)24(36)8-18-7-19(27-22(35)11-32-15-26-28-29-32)5-6-20(18)39-21(16)10-31(4)40(37,38)23-12-30(3)14-25-23/h5-7,12,14-17,21,34H,8-11,13H2,1-4H3,(H,27,35)/t16-,17+,21-/m1/s1. The van der Waals surface area contributed by atoms with E-state index >= 15 is 0 Å². The number of nitrogens with one attached hydrogen (secondary N) is 1. The Kier molecular flexibility index (Phi) is 8.80. The van der Waals surface area contributed by atoms with Gasteiger partial charge in [-0.1, -0.05) is 6.92 Å². The number of likely N-dealkylation sites (N-methyl/N-ethyl adjacent to an activating group) is 1. The van der Waals surface area contributed by atoms with Crippen molar-refractivity contribution in [2.75, 3.05) is 32.1 Å². The van der Waals surface area contributed by atoms with Crippen molar-refractivity contribution in [2.45, 2.75) is 44.0 Å². The third-order valence-electron chi connectivity index (χ3n) is 6.69. The molecule has 2 aromatic heterocycles. The number of rotatable bonds is 9. The number of imidazole rings is 1. The Morgan fingerprint density at radius 2 is 2.10 bits per heavy atom. The number of aliphatic hydroxyl groups excluding tert-OH is 1. The molecular formula is C24H33N9O6S. The molecule has 3 aromatic rings. The SMILES string of the molecule is C[C@@H]1CN([C@@H](C)CO)C(=O)Cc2cc(NC(=O)Cn3cnnn3)ccc2O[C@@H]1CN(C)S(=O)(=O)c1cn(C)cn1. The third kappa shape index (κ3) is 6.63. The lowest BCUT2D eigenvalue weighted by Gasteiger charge is -2.33. The van der Waals surface area contributed by atoms with E-state index in [1.54, 1.807) is 41.6 Å². The fourth-order valence-electron chi connectivity index (χ4n) is 4.36. The van der Waals surface area contributed by atoms with E-state index < -0.39 is 22.2 Å². The molecule has 0 fully saturated rings. The average Bonchev–Trinajstić information content (AvgIpc) is 3.59. The number of fused-ring (bicyclic) bond motifs is 1. The second kappa shape index (κ2) is 12.1. The lowest BCUT2D eigenvalue weighted by atomic mass is 10.0. The molecule has 1 aliphatic rings. The smallest absolute Gasteiger partial charge is 0.261 e.